The monoisotopic (exact) mass is 343 g/mol. The normalized spacial score (nSPS) is 14.4. The second kappa shape index (κ2) is 8.69. The summed E-state index contributed by atoms with van der Waals surface area (Å²) in [6, 6.07) is 4.00. The molecule has 2 N–H and O–H groups in total. The number of nitrogens with zero attached hydrogens (tertiary/aromatic N) is 6. The van der Waals surface area contributed by atoms with Crippen molar-refractivity contribution in [3.05, 3.63) is 6.33 Å². The van der Waals surface area contributed by atoms with Crippen LogP contribution in [0.5, 0.6) is 0 Å². The number of carbonyl (C=O) groups excluding carboxylic acids is 1. The van der Waals surface area contributed by atoms with Gasteiger partial charge in [-0.15, -0.1) is 0 Å². The molecular weight excluding hydrogens is 322 g/mol. The van der Waals surface area contributed by atoms with E-state index in [4.69, 9.17) is 21.0 Å². The molecule has 132 valence electrons. The van der Waals surface area contributed by atoms with Gasteiger partial charge in [0.05, 0.1) is 24.7 Å². The number of hydrogen-bond acceptors (Lipinski definition) is 9. The van der Waals surface area contributed by atoms with Gasteiger partial charge in [0.1, 0.15) is 25.1 Å². The molecule has 0 aliphatic carbocycles. The quantitative estimate of drug-likeness (QED) is 0.585. The van der Waals surface area contributed by atoms with Crippen molar-refractivity contribution in [1.82, 2.24) is 9.97 Å². The molecular formula is C16H21N7O2. The number of aromatic nitrogens is 2. The molecule has 0 bridgehead atoms. The van der Waals surface area contributed by atoms with E-state index >= 15 is 0 Å². The van der Waals surface area contributed by atoms with E-state index in [2.05, 4.69) is 9.97 Å². The fourth-order valence-corrected chi connectivity index (χ4v) is 2.84. The first-order valence-corrected chi connectivity index (χ1v) is 8.13. The summed E-state index contributed by atoms with van der Waals surface area (Å²) in [6.07, 6.45) is 2.70. The maximum Gasteiger partial charge on any atom is 0.309 e. The van der Waals surface area contributed by atoms with Gasteiger partial charge in [-0.2, -0.15) is 10.5 Å². The van der Waals surface area contributed by atoms with Crippen LogP contribution in [-0.2, 0) is 9.53 Å². The Balaban J connectivity index is 2.14. The van der Waals surface area contributed by atoms with Gasteiger partial charge in [0.2, 0.25) is 0 Å². The van der Waals surface area contributed by atoms with E-state index in [1.807, 2.05) is 17.0 Å². The van der Waals surface area contributed by atoms with Crippen LogP contribution in [0.2, 0.25) is 0 Å². The number of rotatable bonds is 6. The largest absolute Gasteiger partial charge is 0.466 e. The van der Waals surface area contributed by atoms with Gasteiger partial charge in [-0.3, -0.25) is 4.79 Å². The van der Waals surface area contributed by atoms with Gasteiger partial charge in [0.25, 0.3) is 0 Å². The molecule has 0 spiro atoms. The SMILES string of the molecule is CCOC(=O)C1CCN(c2ncnc(N(CC#N)CC#N)c2N)CC1. The maximum atomic E-state index is 11.8. The van der Waals surface area contributed by atoms with Crippen LogP contribution in [-0.4, -0.2) is 48.7 Å². The molecule has 1 saturated heterocycles. The Morgan fingerprint density at radius 2 is 2.00 bits per heavy atom. The number of piperidine rings is 1. The van der Waals surface area contributed by atoms with Crippen molar-refractivity contribution < 1.29 is 9.53 Å². The highest BCUT2D eigenvalue weighted by molar-refractivity contribution is 5.77. The highest BCUT2D eigenvalue weighted by Gasteiger charge is 2.28. The van der Waals surface area contributed by atoms with Crippen LogP contribution in [0.25, 0.3) is 0 Å². The van der Waals surface area contributed by atoms with Crippen LogP contribution in [0.4, 0.5) is 17.3 Å². The Morgan fingerprint density at radius 3 is 2.56 bits per heavy atom. The summed E-state index contributed by atoms with van der Waals surface area (Å²) in [4.78, 5) is 23.7. The lowest BCUT2D eigenvalue weighted by molar-refractivity contribution is -0.148. The fourth-order valence-electron chi connectivity index (χ4n) is 2.84. The van der Waals surface area contributed by atoms with E-state index < -0.39 is 0 Å². The van der Waals surface area contributed by atoms with Crippen molar-refractivity contribution >= 4 is 23.3 Å². The number of nitriles is 2. The first-order chi connectivity index (χ1) is 12.1. The highest BCUT2D eigenvalue weighted by atomic mass is 16.5. The molecule has 2 rings (SSSR count). The smallest absolute Gasteiger partial charge is 0.309 e. The first kappa shape index (κ1) is 18.3. The average Bonchev–Trinajstić information content (AvgIpc) is 2.62. The summed E-state index contributed by atoms with van der Waals surface area (Å²) in [5.41, 5.74) is 6.53. The van der Waals surface area contributed by atoms with E-state index in [0.717, 1.165) is 0 Å². The van der Waals surface area contributed by atoms with Gasteiger partial charge in [-0.1, -0.05) is 0 Å². The minimum Gasteiger partial charge on any atom is -0.466 e. The van der Waals surface area contributed by atoms with Crippen molar-refractivity contribution in [2.24, 2.45) is 5.92 Å². The minimum atomic E-state index is -0.160. The third kappa shape index (κ3) is 4.27. The Hall–Kier alpha value is -3.07. The van der Waals surface area contributed by atoms with Gasteiger partial charge in [-0.25, -0.2) is 9.97 Å². The van der Waals surface area contributed by atoms with Crippen molar-refractivity contribution in [1.29, 1.82) is 10.5 Å². The maximum absolute atomic E-state index is 11.8. The van der Waals surface area contributed by atoms with Crippen molar-refractivity contribution in [3.8, 4) is 12.1 Å². The van der Waals surface area contributed by atoms with E-state index in [1.54, 1.807) is 6.92 Å². The molecule has 1 aromatic rings. The molecule has 2 heterocycles. The zero-order chi connectivity index (χ0) is 18.2. The van der Waals surface area contributed by atoms with Gasteiger partial charge in [-0.05, 0) is 19.8 Å². The number of carbonyl (C=O) groups is 1. The molecule has 9 nitrogen and oxygen atoms in total. The Bertz CT molecular complexity index is 671. The minimum absolute atomic E-state index is 0.0130. The molecule has 0 unspecified atom stereocenters. The predicted octanol–water partition coefficient (Wildman–Crippen LogP) is 0.692. The molecule has 1 aliphatic heterocycles. The van der Waals surface area contributed by atoms with Crippen LogP contribution >= 0.6 is 0 Å². The van der Waals surface area contributed by atoms with Gasteiger partial charge in [0.15, 0.2) is 11.6 Å². The third-order valence-electron chi connectivity index (χ3n) is 4.08. The molecule has 1 aromatic heterocycles. The fraction of sp³-hybridized carbons (Fsp3) is 0.562. The zero-order valence-corrected chi connectivity index (χ0v) is 14.2. The standard InChI is InChI=1S/C16H21N7O2/c1-2-25-16(24)12-3-7-22(8-4-12)14-13(19)15(21-11-20-14)23(9-5-17)10-6-18/h11-12H,2-4,7-10,19H2,1H3. The molecule has 0 saturated carbocycles. The van der Waals surface area contributed by atoms with E-state index in [-0.39, 0.29) is 25.0 Å². The van der Waals surface area contributed by atoms with Crippen molar-refractivity contribution in [2.45, 2.75) is 19.8 Å². The molecule has 25 heavy (non-hydrogen) atoms. The Morgan fingerprint density at radius 1 is 1.36 bits per heavy atom. The topological polar surface area (TPSA) is 132 Å². The second-order valence-electron chi connectivity index (χ2n) is 5.62. The predicted molar refractivity (Wildman–Crippen MR) is 91.5 cm³/mol. The molecule has 9 heteroatoms. The van der Waals surface area contributed by atoms with Crippen molar-refractivity contribution in [3.63, 3.8) is 0 Å². The number of anilines is 3. The molecule has 0 atom stereocenters. The van der Waals surface area contributed by atoms with Crippen molar-refractivity contribution in [2.75, 3.05) is 48.3 Å². The number of nitrogens with two attached hydrogens (primary N) is 1. The summed E-state index contributed by atoms with van der Waals surface area (Å²) in [5.74, 6) is 0.675. The van der Waals surface area contributed by atoms with Gasteiger partial charge in [0, 0.05) is 13.1 Å². The molecule has 1 aliphatic rings. The lowest BCUT2D eigenvalue weighted by atomic mass is 9.97. The lowest BCUT2D eigenvalue weighted by Gasteiger charge is -2.33. The zero-order valence-electron chi connectivity index (χ0n) is 14.2. The summed E-state index contributed by atoms with van der Waals surface area (Å²) in [5, 5.41) is 17.8. The second-order valence-corrected chi connectivity index (χ2v) is 5.62. The lowest BCUT2D eigenvalue weighted by Crippen LogP contribution is -2.38. The van der Waals surface area contributed by atoms with Crippen LogP contribution in [0, 0.1) is 28.6 Å². The van der Waals surface area contributed by atoms with Crippen LogP contribution in [0.1, 0.15) is 19.8 Å². The summed E-state index contributed by atoms with van der Waals surface area (Å²) in [7, 11) is 0. The average molecular weight is 343 g/mol. The van der Waals surface area contributed by atoms with Gasteiger partial charge >= 0.3 is 5.97 Å². The van der Waals surface area contributed by atoms with Crippen LogP contribution in [0.15, 0.2) is 6.33 Å². The van der Waals surface area contributed by atoms with E-state index in [1.165, 1.54) is 11.2 Å². The molecule has 0 radical (unpaired) electrons. The number of ether oxygens (including phenoxy) is 1. The van der Waals surface area contributed by atoms with E-state index in [0.29, 0.717) is 49.9 Å². The molecule has 1 fully saturated rings. The summed E-state index contributed by atoms with van der Waals surface area (Å²) >= 11 is 0. The van der Waals surface area contributed by atoms with Gasteiger partial charge < -0.3 is 20.3 Å². The first-order valence-electron chi connectivity index (χ1n) is 8.13. The number of hydrogen-bond donors (Lipinski definition) is 1. The molecule has 0 amide bonds. The van der Waals surface area contributed by atoms with Crippen LogP contribution in [0.3, 0.4) is 0 Å². The Kier molecular flexibility index (Phi) is 6.35. The molecule has 0 aromatic carbocycles. The summed E-state index contributed by atoms with van der Waals surface area (Å²) < 4.78 is 5.07. The summed E-state index contributed by atoms with van der Waals surface area (Å²) in [6.45, 7) is 3.46. The third-order valence-corrected chi connectivity index (χ3v) is 4.08. The highest BCUT2D eigenvalue weighted by Crippen LogP contribution is 2.31. The number of esters is 1. The Labute approximate surface area is 146 Å². The van der Waals surface area contributed by atoms with E-state index in [9.17, 15) is 4.79 Å². The number of nitrogen functional groups attached to an aromatic ring is 1. The van der Waals surface area contributed by atoms with Crippen LogP contribution < -0.4 is 15.5 Å².